The summed E-state index contributed by atoms with van der Waals surface area (Å²) in [5, 5.41) is 8.20. The molecule has 3 aromatic heterocycles. The summed E-state index contributed by atoms with van der Waals surface area (Å²) in [5.74, 6) is 0.431. The fourth-order valence-corrected chi connectivity index (χ4v) is 3.99. The zero-order chi connectivity index (χ0) is 19.3. The molecule has 0 N–H and O–H groups in total. The van der Waals surface area contributed by atoms with Crippen molar-refractivity contribution in [3.63, 3.8) is 0 Å². The molecule has 9 nitrogen and oxygen atoms in total. The van der Waals surface area contributed by atoms with E-state index >= 15 is 0 Å². The van der Waals surface area contributed by atoms with Gasteiger partial charge in [0.05, 0.1) is 23.8 Å². The second-order valence-corrected chi connectivity index (χ2v) is 7.13. The molecular formula is C19H20N6O3. The maximum Gasteiger partial charge on any atom is 0.281 e. The molecule has 28 heavy (non-hydrogen) atoms. The van der Waals surface area contributed by atoms with Crippen LogP contribution >= 0.6 is 0 Å². The van der Waals surface area contributed by atoms with Crippen molar-refractivity contribution in [3.8, 4) is 5.82 Å². The first-order valence-corrected chi connectivity index (χ1v) is 9.18. The zero-order valence-electron chi connectivity index (χ0n) is 15.7. The average Bonchev–Trinajstić information content (AvgIpc) is 3.42. The van der Waals surface area contributed by atoms with Crippen molar-refractivity contribution in [2.45, 2.75) is 32.1 Å². The molecule has 0 saturated carbocycles. The summed E-state index contributed by atoms with van der Waals surface area (Å²) >= 11 is 0. The lowest BCUT2D eigenvalue weighted by atomic mass is 10.1. The Bertz CT molecular complexity index is 1230. The van der Waals surface area contributed by atoms with Gasteiger partial charge in [-0.15, -0.1) is 5.10 Å². The van der Waals surface area contributed by atoms with Gasteiger partial charge in [0.25, 0.3) is 5.56 Å². The summed E-state index contributed by atoms with van der Waals surface area (Å²) in [4.78, 5) is 18.1. The van der Waals surface area contributed by atoms with Gasteiger partial charge in [-0.3, -0.25) is 13.8 Å². The van der Waals surface area contributed by atoms with E-state index in [0.717, 1.165) is 23.9 Å². The number of para-hydroxylation sites is 2. The van der Waals surface area contributed by atoms with E-state index in [0.29, 0.717) is 30.2 Å². The van der Waals surface area contributed by atoms with Crippen LogP contribution in [0.4, 0.5) is 0 Å². The molecule has 1 aliphatic rings. The van der Waals surface area contributed by atoms with Crippen molar-refractivity contribution in [1.82, 2.24) is 28.9 Å². The smallest absolute Gasteiger partial charge is 0.281 e. The van der Waals surface area contributed by atoms with Crippen LogP contribution in [0.2, 0.25) is 0 Å². The van der Waals surface area contributed by atoms with Crippen LogP contribution in [-0.2, 0) is 21.8 Å². The molecule has 1 aliphatic heterocycles. The Morgan fingerprint density at radius 3 is 2.86 bits per heavy atom. The summed E-state index contributed by atoms with van der Waals surface area (Å²) in [5.41, 5.74) is 1.93. The van der Waals surface area contributed by atoms with E-state index in [9.17, 15) is 4.79 Å². The Morgan fingerprint density at radius 1 is 1.29 bits per heavy atom. The molecule has 1 atom stereocenters. The molecule has 5 rings (SSSR count). The number of aromatic nitrogens is 6. The van der Waals surface area contributed by atoms with Crippen molar-refractivity contribution in [3.05, 3.63) is 52.8 Å². The third kappa shape index (κ3) is 2.40. The predicted octanol–water partition coefficient (Wildman–Crippen LogP) is 1.86. The topological polar surface area (TPSA) is 88.5 Å². The van der Waals surface area contributed by atoms with Crippen LogP contribution in [0.3, 0.4) is 0 Å². The largest absolute Gasteiger partial charge is 0.378 e. The lowest BCUT2D eigenvalue weighted by Crippen LogP contribution is -2.39. The Hall–Kier alpha value is -3.04. The van der Waals surface area contributed by atoms with Gasteiger partial charge in [-0.25, -0.2) is 4.98 Å². The fraction of sp³-hybridized carbons (Fsp3) is 0.368. The molecule has 0 bridgehead atoms. The number of hydrogen-bond acceptors (Lipinski definition) is 6. The van der Waals surface area contributed by atoms with Gasteiger partial charge in [0, 0.05) is 13.7 Å². The number of benzene rings is 1. The lowest BCUT2D eigenvalue weighted by Gasteiger charge is -2.28. The van der Waals surface area contributed by atoms with Crippen LogP contribution in [-0.4, -0.2) is 42.7 Å². The molecular weight excluding hydrogens is 360 g/mol. The Balaban J connectivity index is 1.84. The Labute approximate surface area is 160 Å². The molecule has 0 aliphatic carbocycles. The van der Waals surface area contributed by atoms with Gasteiger partial charge in [-0.05, 0) is 31.9 Å². The van der Waals surface area contributed by atoms with Gasteiger partial charge in [0.15, 0.2) is 11.3 Å². The van der Waals surface area contributed by atoms with E-state index in [1.54, 1.807) is 28.6 Å². The summed E-state index contributed by atoms with van der Waals surface area (Å²) in [7, 11) is 1.60. The molecule has 0 spiro atoms. The number of methoxy groups -OCH3 is 1. The van der Waals surface area contributed by atoms with Gasteiger partial charge >= 0.3 is 0 Å². The van der Waals surface area contributed by atoms with Gasteiger partial charge in [-0.1, -0.05) is 17.3 Å². The van der Waals surface area contributed by atoms with Crippen LogP contribution in [0.1, 0.15) is 25.5 Å². The van der Waals surface area contributed by atoms with E-state index in [1.165, 1.54) is 4.68 Å². The van der Waals surface area contributed by atoms with E-state index in [4.69, 9.17) is 9.47 Å². The number of nitrogens with zero attached hydrogens (tertiary/aromatic N) is 6. The number of imidazole rings is 1. The molecule has 144 valence electrons. The minimum atomic E-state index is -0.691. The highest BCUT2D eigenvalue weighted by Gasteiger charge is 2.35. The molecule has 4 aromatic rings. The third-order valence-electron chi connectivity index (χ3n) is 5.26. The summed E-state index contributed by atoms with van der Waals surface area (Å²) in [6.45, 7) is 2.94. The van der Waals surface area contributed by atoms with Crippen LogP contribution in [0.15, 0.2) is 41.6 Å². The maximum absolute atomic E-state index is 13.7. The van der Waals surface area contributed by atoms with Gasteiger partial charge in [-0.2, -0.15) is 4.68 Å². The molecule has 0 radical (unpaired) electrons. The minimum absolute atomic E-state index is 0.167. The molecule has 1 aromatic carbocycles. The summed E-state index contributed by atoms with van der Waals surface area (Å²) < 4.78 is 16.2. The summed E-state index contributed by atoms with van der Waals surface area (Å²) in [6.07, 6.45) is 5.06. The first kappa shape index (κ1) is 17.1. The zero-order valence-corrected chi connectivity index (χ0v) is 15.7. The fourth-order valence-electron chi connectivity index (χ4n) is 3.99. The number of rotatable bonds is 4. The molecule has 0 amide bonds. The van der Waals surface area contributed by atoms with Crippen molar-refractivity contribution < 1.29 is 9.47 Å². The minimum Gasteiger partial charge on any atom is -0.378 e. The first-order valence-electron chi connectivity index (χ1n) is 9.18. The Kier molecular flexibility index (Phi) is 3.81. The first-order chi connectivity index (χ1) is 13.6. The average molecular weight is 380 g/mol. The van der Waals surface area contributed by atoms with Gasteiger partial charge in [0.1, 0.15) is 17.7 Å². The highest BCUT2D eigenvalue weighted by Crippen LogP contribution is 2.32. The summed E-state index contributed by atoms with van der Waals surface area (Å²) in [6, 6.07) is 7.78. The van der Waals surface area contributed by atoms with Gasteiger partial charge < -0.3 is 9.47 Å². The lowest BCUT2D eigenvalue weighted by molar-refractivity contribution is -0.0447. The van der Waals surface area contributed by atoms with Crippen LogP contribution in [0.25, 0.3) is 22.4 Å². The number of ether oxygens (including phenoxy) is 2. The van der Waals surface area contributed by atoms with Crippen LogP contribution in [0, 0.1) is 0 Å². The molecule has 1 unspecified atom stereocenters. The van der Waals surface area contributed by atoms with E-state index in [2.05, 4.69) is 15.3 Å². The second-order valence-electron chi connectivity index (χ2n) is 7.13. The van der Waals surface area contributed by atoms with Crippen molar-refractivity contribution in [2.75, 3.05) is 13.7 Å². The van der Waals surface area contributed by atoms with Crippen LogP contribution < -0.4 is 5.56 Å². The molecule has 1 fully saturated rings. The Morgan fingerprint density at radius 2 is 2.11 bits per heavy atom. The molecule has 4 heterocycles. The standard InChI is InChI=1S/C19H20N6O3/c1-19(8-5-9-28-19)25-15-7-4-3-6-14(15)23-12-20-17(16(23)18(25)26)24-10-13(11-27-2)21-22-24/h3-4,6-7,10,12H,5,8-9,11H2,1-2H3. The van der Waals surface area contributed by atoms with Crippen molar-refractivity contribution in [1.29, 1.82) is 0 Å². The van der Waals surface area contributed by atoms with Gasteiger partial charge in [0.2, 0.25) is 0 Å². The second kappa shape index (κ2) is 6.25. The SMILES string of the molecule is COCc1cn(-c2ncn3c2c(=O)n(C2(C)CCCO2)c2ccccc23)nn1. The van der Waals surface area contributed by atoms with Crippen LogP contribution in [0.5, 0.6) is 0 Å². The number of hydrogen-bond donors (Lipinski definition) is 0. The van der Waals surface area contributed by atoms with E-state index in [1.807, 2.05) is 31.2 Å². The maximum atomic E-state index is 13.7. The third-order valence-corrected chi connectivity index (χ3v) is 5.26. The normalized spacial score (nSPS) is 19.8. The quantitative estimate of drug-likeness (QED) is 0.537. The predicted molar refractivity (Wildman–Crippen MR) is 101 cm³/mol. The molecule has 9 heteroatoms. The van der Waals surface area contributed by atoms with Crippen molar-refractivity contribution >= 4 is 16.6 Å². The molecule has 1 saturated heterocycles. The highest BCUT2D eigenvalue weighted by atomic mass is 16.5. The monoisotopic (exact) mass is 380 g/mol. The highest BCUT2D eigenvalue weighted by molar-refractivity contribution is 5.81. The van der Waals surface area contributed by atoms with Crippen molar-refractivity contribution in [2.24, 2.45) is 0 Å². The van der Waals surface area contributed by atoms with E-state index < -0.39 is 5.72 Å². The van der Waals surface area contributed by atoms with E-state index in [-0.39, 0.29) is 5.56 Å². The number of fused-ring (bicyclic) bond motifs is 3.